The second-order valence-electron chi connectivity index (χ2n) is 13.5. The van der Waals surface area contributed by atoms with Gasteiger partial charge in [-0.25, -0.2) is 15.0 Å². The summed E-state index contributed by atoms with van der Waals surface area (Å²) in [6.07, 6.45) is 0. The Balaban J connectivity index is 1.21. The van der Waals surface area contributed by atoms with Crippen molar-refractivity contribution in [1.29, 1.82) is 0 Å². The third kappa shape index (κ3) is 5.01. The highest BCUT2D eigenvalue weighted by atomic mass is 15.0. The van der Waals surface area contributed by atoms with Crippen LogP contribution in [0.25, 0.3) is 67.2 Å². The third-order valence-corrected chi connectivity index (χ3v) is 10.6. The van der Waals surface area contributed by atoms with Crippen molar-refractivity contribution in [3.8, 4) is 56.4 Å². The number of hydrogen-bond donors (Lipinski definition) is 0. The molecule has 1 aliphatic rings. The second kappa shape index (κ2) is 12.7. The van der Waals surface area contributed by atoms with Gasteiger partial charge >= 0.3 is 0 Å². The summed E-state index contributed by atoms with van der Waals surface area (Å²) in [6.45, 7) is 0. The Hall–Kier alpha value is -6.97. The average molecular weight is 676 g/mol. The molecule has 10 rings (SSSR count). The standard InChI is InChI=1S/C50H33N3/c1-5-17-35(18-6-1)47-51-48(36-19-7-2-8-20-36)53-49(52-47)38-23-15-22-37(33-38)41-29-16-21-34-31-32-44-46(45(34)41)42-28-13-14-30-43(42)50(44,39-24-9-3-10-25-39)40-26-11-4-12-27-40/h1-33H. The maximum atomic E-state index is 5.05. The smallest absolute Gasteiger partial charge is 0.164 e. The number of fused-ring (bicyclic) bond motifs is 5. The molecule has 3 nitrogen and oxygen atoms in total. The maximum Gasteiger partial charge on any atom is 0.164 e. The lowest BCUT2D eigenvalue weighted by Crippen LogP contribution is -2.28. The zero-order valence-corrected chi connectivity index (χ0v) is 28.9. The van der Waals surface area contributed by atoms with E-state index >= 15 is 0 Å². The lowest BCUT2D eigenvalue weighted by Gasteiger charge is -2.34. The highest BCUT2D eigenvalue weighted by Gasteiger charge is 2.46. The molecule has 1 aliphatic carbocycles. The Kier molecular flexibility index (Phi) is 7.36. The SMILES string of the molecule is c1ccc(-c2nc(-c3ccccc3)nc(-c3cccc(-c4cccc5ccc6c(c45)-c4ccccc4C6(c4ccccc4)c4ccccc4)c3)n2)cc1. The first-order chi connectivity index (χ1) is 26.3. The van der Waals surface area contributed by atoms with Crippen LogP contribution in [0.4, 0.5) is 0 Å². The predicted molar refractivity (Wildman–Crippen MR) is 216 cm³/mol. The maximum absolute atomic E-state index is 5.05. The molecule has 3 heteroatoms. The number of rotatable bonds is 6. The molecule has 0 bridgehead atoms. The predicted octanol–water partition coefficient (Wildman–Crippen LogP) is 12.1. The molecular formula is C50H33N3. The van der Waals surface area contributed by atoms with Crippen molar-refractivity contribution in [2.75, 3.05) is 0 Å². The van der Waals surface area contributed by atoms with E-state index in [0.29, 0.717) is 17.5 Å². The van der Waals surface area contributed by atoms with E-state index in [-0.39, 0.29) is 0 Å². The summed E-state index contributed by atoms with van der Waals surface area (Å²) in [4.78, 5) is 15.0. The molecule has 1 aromatic heterocycles. The van der Waals surface area contributed by atoms with Crippen LogP contribution >= 0.6 is 0 Å². The van der Waals surface area contributed by atoms with E-state index in [1.54, 1.807) is 0 Å². The van der Waals surface area contributed by atoms with Crippen molar-refractivity contribution < 1.29 is 0 Å². The minimum atomic E-state index is -0.468. The van der Waals surface area contributed by atoms with Crippen molar-refractivity contribution in [3.05, 3.63) is 222 Å². The summed E-state index contributed by atoms with van der Waals surface area (Å²) in [5.74, 6) is 1.94. The molecule has 0 aliphatic heterocycles. The van der Waals surface area contributed by atoms with Crippen LogP contribution in [0.2, 0.25) is 0 Å². The van der Waals surface area contributed by atoms with Crippen LogP contribution in [0.1, 0.15) is 22.3 Å². The van der Waals surface area contributed by atoms with E-state index in [1.165, 1.54) is 49.7 Å². The van der Waals surface area contributed by atoms with Crippen LogP contribution in [-0.4, -0.2) is 15.0 Å². The molecule has 0 radical (unpaired) electrons. The lowest BCUT2D eigenvalue weighted by molar-refractivity contribution is 0.769. The van der Waals surface area contributed by atoms with Crippen LogP contribution in [-0.2, 0) is 5.41 Å². The Morgan fingerprint density at radius 2 is 0.792 bits per heavy atom. The van der Waals surface area contributed by atoms with Gasteiger partial charge < -0.3 is 0 Å². The zero-order chi connectivity index (χ0) is 35.2. The Labute approximate surface area is 309 Å². The van der Waals surface area contributed by atoms with Crippen molar-refractivity contribution in [3.63, 3.8) is 0 Å². The fourth-order valence-corrected chi connectivity index (χ4v) is 8.31. The van der Waals surface area contributed by atoms with Gasteiger partial charge in [0.1, 0.15) is 0 Å². The van der Waals surface area contributed by atoms with Gasteiger partial charge in [-0.05, 0) is 61.3 Å². The molecule has 0 fully saturated rings. The molecular weight excluding hydrogens is 643 g/mol. The normalized spacial score (nSPS) is 12.7. The molecule has 0 N–H and O–H groups in total. The summed E-state index contributed by atoms with van der Waals surface area (Å²) >= 11 is 0. The molecule has 248 valence electrons. The summed E-state index contributed by atoms with van der Waals surface area (Å²) in [5, 5.41) is 2.45. The summed E-state index contributed by atoms with van der Waals surface area (Å²) < 4.78 is 0. The first-order valence-electron chi connectivity index (χ1n) is 18.0. The van der Waals surface area contributed by atoms with Crippen molar-refractivity contribution in [2.24, 2.45) is 0 Å². The van der Waals surface area contributed by atoms with Gasteiger partial charge in [-0.2, -0.15) is 0 Å². The van der Waals surface area contributed by atoms with E-state index in [9.17, 15) is 0 Å². The summed E-state index contributed by atoms with van der Waals surface area (Å²) in [7, 11) is 0. The number of nitrogens with zero attached hydrogens (tertiary/aromatic N) is 3. The first-order valence-corrected chi connectivity index (χ1v) is 18.0. The van der Waals surface area contributed by atoms with Gasteiger partial charge in [0.25, 0.3) is 0 Å². The minimum absolute atomic E-state index is 0.468. The monoisotopic (exact) mass is 675 g/mol. The van der Waals surface area contributed by atoms with Crippen LogP contribution in [0, 0.1) is 0 Å². The number of hydrogen-bond acceptors (Lipinski definition) is 3. The number of benzene rings is 8. The minimum Gasteiger partial charge on any atom is -0.208 e. The third-order valence-electron chi connectivity index (χ3n) is 10.6. The van der Waals surface area contributed by atoms with Crippen LogP contribution in [0.15, 0.2) is 200 Å². The molecule has 8 aromatic carbocycles. The molecule has 0 saturated carbocycles. The molecule has 0 amide bonds. The van der Waals surface area contributed by atoms with Gasteiger partial charge in [0, 0.05) is 16.7 Å². The van der Waals surface area contributed by atoms with Gasteiger partial charge in [0.15, 0.2) is 17.5 Å². The van der Waals surface area contributed by atoms with Crippen molar-refractivity contribution in [2.45, 2.75) is 5.41 Å². The topological polar surface area (TPSA) is 38.7 Å². The molecule has 0 unspecified atom stereocenters. The molecule has 0 atom stereocenters. The van der Waals surface area contributed by atoms with E-state index in [0.717, 1.165) is 22.3 Å². The molecule has 9 aromatic rings. The Bertz CT molecular complexity index is 2660. The summed E-state index contributed by atoms with van der Waals surface area (Å²) in [5.41, 5.74) is 12.3. The molecule has 0 spiro atoms. The molecule has 0 saturated heterocycles. The van der Waals surface area contributed by atoms with Crippen LogP contribution in [0.5, 0.6) is 0 Å². The highest BCUT2D eigenvalue weighted by Crippen LogP contribution is 2.58. The fourth-order valence-electron chi connectivity index (χ4n) is 8.31. The van der Waals surface area contributed by atoms with Crippen LogP contribution in [0.3, 0.4) is 0 Å². The van der Waals surface area contributed by atoms with Gasteiger partial charge in [0.2, 0.25) is 0 Å². The molecule has 53 heavy (non-hydrogen) atoms. The average Bonchev–Trinajstić information content (AvgIpc) is 3.56. The number of aromatic nitrogens is 3. The zero-order valence-electron chi connectivity index (χ0n) is 28.9. The van der Waals surface area contributed by atoms with Gasteiger partial charge in [-0.3, -0.25) is 0 Å². The highest BCUT2D eigenvalue weighted by molar-refractivity contribution is 6.11. The van der Waals surface area contributed by atoms with Crippen molar-refractivity contribution in [1.82, 2.24) is 15.0 Å². The fraction of sp³-hybridized carbons (Fsp3) is 0.0200. The molecule has 1 heterocycles. The van der Waals surface area contributed by atoms with Gasteiger partial charge in [-0.15, -0.1) is 0 Å². The van der Waals surface area contributed by atoms with Crippen LogP contribution < -0.4 is 0 Å². The van der Waals surface area contributed by atoms with Gasteiger partial charge in [-0.1, -0.05) is 194 Å². The van der Waals surface area contributed by atoms with E-state index in [4.69, 9.17) is 15.0 Å². The summed E-state index contributed by atoms with van der Waals surface area (Å²) in [6, 6.07) is 71.2. The van der Waals surface area contributed by atoms with E-state index < -0.39 is 5.41 Å². The quantitative estimate of drug-likeness (QED) is 0.176. The largest absolute Gasteiger partial charge is 0.208 e. The lowest BCUT2D eigenvalue weighted by atomic mass is 9.67. The second-order valence-corrected chi connectivity index (χ2v) is 13.5. The van der Waals surface area contributed by atoms with E-state index in [1.807, 2.05) is 60.7 Å². The Morgan fingerprint density at radius 3 is 1.42 bits per heavy atom. The Morgan fingerprint density at radius 1 is 0.321 bits per heavy atom. The first kappa shape index (κ1) is 30.8. The van der Waals surface area contributed by atoms with E-state index in [2.05, 4.69) is 140 Å². The van der Waals surface area contributed by atoms with Crippen molar-refractivity contribution >= 4 is 10.8 Å². The van der Waals surface area contributed by atoms with Gasteiger partial charge in [0.05, 0.1) is 5.41 Å².